The number of piperidine rings is 1. The molecule has 1 aliphatic rings. The van der Waals surface area contributed by atoms with E-state index in [1.165, 1.54) is 35.8 Å². The molecule has 2 amide bonds. The topological polar surface area (TPSA) is 121 Å². The molecule has 27 heavy (non-hydrogen) atoms. The highest BCUT2D eigenvalue weighted by molar-refractivity contribution is 7.98. The van der Waals surface area contributed by atoms with Crippen LogP contribution >= 0.6 is 11.8 Å². The molecule has 10 heteroatoms. The summed E-state index contributed by atoms with van der Waals surface area (Å²) < 4.78 is 0. The molecule has 1 N–H and O–H groups in total. The molecular weight excluding hydrogens is 374 g/mol. The van der Waals surface area contributed by atoms with Gasteiger partial charge in [0.05, 0.1) is 17.4 Å². The van der Waals surface area contributed by atoms with Gasteiger partial charge in [-0.1, -0.05) is 0 Å². The molecule has 9 nitrogen and oxygen atoms in total. The monoisotopic (exact) mass is 395 g/mol. The number of amides is 2. The van der Waals surface area contributed by atoms with Crippen molar-refractivity contribution in [2.24, 2.45) is 5.92 Å². The van der Waals surface area contributed by atoms with E-state index in [0.29, 0.717) is 30.8 Å². The highest BCUT2D eigenvalue weighted by atomic mass is 32.2. The van der Waals surface area contributed by atoms with Gasteiger partial charge in [-0.15, -0.1) is 11.8 Å². The van der Waals surface area contributed by atoms with Crippen molar-refractivity contribution in [3.63, 3.8) is 0 Å². The number of carbonyl (C=O) groups is 3. The average molecular weight is 395 g/mol. The van der Waals surface area contributed by atoms with E-state index in [1.54, 1.807) is 12.3 Å². The smallest absolute Gasteiger partial charge is 0.306 e. The van der Waals surface area contributed by atoms with Crippen LogP contribution in [0.4, 0.5) is 5.69 Å². The van der Waals surface area contributed by atoms with Crippen LogP contribution in [-0.2, 0) is 9.59 Å². The molecule has 1 aromatic carbocycles. The molecule has 1 fully saturated rings. The van der Waals surface area contributed by atoms with Gasteiger partial charge in [0.2, 0.25) is 5.91 Å². The minimum Gasteiger partial charge on any atom is -0.481 e. The van der Waals surface area contributed by atoms with Gasteiger partial charge in [0.1, 0.15) is 5.56 Å². The van der Waals surface area contributed by atoms with Gasteiger partial charge in [0.15, 0.2) is 0 Å². The third-order valence-electron chi connectivity index (χ3n) is 4.55. The number of carboxylic acids is 1. The van der Waals surface area contributed by atoms with Crippen LogP contribution in [0.1, 0.15) is 23.2 Å². The quantitative estimate of drug-likeness (QED) is 0.442. The van der Waals surface area contributed by atoms with E-state index in [2.05, 4.69) is 0 Å². The van der Waals surface area contributed by atoms with E-state index in [1.807, 2.05) is 0 Å². The fraction of sp³-hybridized carbons (Fsp3) is 0.471. The lowest BCUT2D eigenvalue weighted by Crippen LogP contribution is -2.45. The van der Waals surface area contributed by atoms with E-state index in [0.717, 1.165) is 4.90 Å². The van der Waals surface area contributed by atoms with Crippen molar-refractivity contribution in [2.75, 3.05) is 32.9 Å². The van der Waals surface area contributed by atoms with Crippen molar-refractivity contribution in [3.05, 3.63) is 33.9 Å². The van der Waals surface area contributed by atoms with Crippen LogP contribution in [-0.4, -0.2) is 70.6 Å². The number of hydrogen-bond donors (Lipinski definition) is 1. The highest BCUT2D eigenvalue weighted by Crippen LogP contribution is 2.26. The number of likely N-dealkylation sites (N-methyl/N-ethyl adjacent to an activating group) is 1. The van der Waals surface area contributed by atoms with Crippen LogP contribution in [0.25, 0.3) is 0 Å². The standard InChI is InChI=1S/C17H21N3O6S/c1-18(10-15(21)19-7-5-11(6-8-19)17(23)24)16(22)13-9-12(27-2)3-4-14(13)20(25)26/h3-4,9,11H,5-8,10H2,1-2H3,(H,23,24). The SMILES string of the molecule is CSc1ccc([N+](=O)[O-])c(C(=O)N(C)CC(=O)N2CCC(C(=O)O)CC2)c1. The molecule has 0 atom stereocenters. The van der Waals surface area contributed by atoms with Gasteiger partial charge in [0.25, 0.3) is 11.6 Å². The number of aliphatic carboxylic acids is 1. The third-order valence-corrected chi connectivity index (χ3v) is 5.27. The summed E-state index contributed by atoms with van der Waals surface area (Å²) in [6.07, 6.45) is 2.54. The first-order valence-corrected chi connectivity index (χ1v) is 9.55. The van der Waals surface area contributed by atoms with E-state index < -0.39 is 22.7 Å². The molecule has 0 radical (unpaired) electrons. The summed E-state index contributed by atoms with van der Waals surface area (Å²) in [4.78, 5) is 50.0. The first-order valence-electron chi connectivity index (χ1n) is 8.33. The Morgan fingerprint density at radius 1 is 1.33 bits per heavy atom. The Bertz CT molecular complexity index is 761. The average Bonchev–Trinajstić information content (AvgIpc) is 2.66. The Morgan fingerprint density at radius 3 is 2.48 bits per heavy atom. The number of nitro groups is 1. The van der Waals surface area contributed by atoms with Crippen molar-refractivity contribution in [1.29, 1.82) is 0 Å². The number of rotatable bonds is 6. The largest absolute Gasteiger partial charge is 0.481 e. The molecule has 1 aliphatic heterocycles. The molecule has 2 rings (SSSR count). The maximum Gasteiger partial charge on any atom is 0.306 e. The van der Waals surface area contributed by atoms with Gasteiger partial charge in [-0.25, -0.2) is 0 Å². The van der Waals surface area contributed by atoms with Crippen LogP contribution in [0, 0.1) is 16.0 Å². The summed E-state index contributed by atoms with van der Waals surface area (Å²) in [6.45, 7) is 0.414. The van der Waals surface area contributed by atoms with E-state index >= 15 is 0 Å². The van der Waals surface area contributed by atoms with Crippen molar-refractivity contribution >= 4 is 35.2 Å². The number of benzene rings is 1. The summed E-state index contributed by atoms with van der Waals surface area (Å²) in [7, 11) is 1.42. The predicted molar refractivity (Wildman–Crippen MR) is 98.8 cm³/mol. The minimum atomic E-state index is -0.865. The molecule has 1 heterocycles. The van der Waals surface area contributed by atoms with Gasteiger partial charge in [0, 0.05) is 31.1 Å². The molecule has 0 aromatic heterocycles. The number of thioether (sulfide) groups is 1. The van der Waals surface area contributed by atoms with Gasteiger partial charge < -0.3 is 14.9 Å². The summed E-state index contributed by atoms with van der Waals surface area (Å²) in [5.41, 5.74) is -0.369. The zero-order valence-electron chi connectivity index (χ0n) is 15.1. The summed E-state index contributed by atoms with van der Waals surface area (Å²) in [6, 6.07) is 4.30. The summed E-state index contributed by atoms with van der Waals surface area (Å²) in [5, 5.41) is 20.2. The molecule has 0 saturated carbocycles. The second kappa shape index (κ2) is 8.85. The van der Waals surface area contributed by atoms with Crippen LogP contribution in [0.3, 0.4) is 0 Å². The summed E-state index contributed by atoms with van der Waals surface area (Å²) >= 11 is 1.36. The fourth-order valence-corrected chi connectivity index (χ4v) is 3.37. The van der Waals surface area contributed by atoms with E-state index in [4.69, 9.17) is 5.11 Å². The first kappa shape index (κ1) is 20.7. The summed E-state index contributed by atoms with van der Waals surface area (Å²) in [5.74, 6) is -2.23. The Morgan fingerprint density at radius 2 is 1.96 bits per heavy atom. The molecular formula is C17H21N3O6S. The lowest BCUT2D eigenvalue weighted by Gasteiger charge is -2.31. The Labute approximate surface area is 160 Å². The third kappa shape index (κ3) is 4.97. The van der Waals surface area contributed by atoms with Crippen molar-refractivity contribution in [1.82, 2.24) is 9.80 Å². The second-order valence-electron chi connectivity index (χ2n) is 6.29. The van der Waals surface area contributed by atoms with Gasteiger partial charge in [-0.3, -0.25) is 24.5 Å². The number of nitrogens with zero attached hydrogens (tertiary/aromatic N) is 3. The Hall–Kier alpha value is -2.62. The first-order chi connectivity index (χ1) is 12.7. The number of nitro benzene ring substituents is 1. The van der Waals surface area contributed by atoms with Gasteiger partial charge in [-0.2, -0.15) is 0 Å². The maximum atomic E-state index is 12.7. The maximum absolute atomic E-state index is 12.7. The molecule has 1 aromatic rings. The van der Waals surface area contributed by atoms with Crippen LogP contribution in [0.5, 0.6) is 0 Å². The van der Waals surface area contributed by atoms with Crippen LogP contribution in [0.2, 0.25) is 0 Å². The second-order valence-corrected chi connectivity index (χ2v) is 7.17. The van der Waals surface area contributed by atoms with Crippen molar-refractivity contribution < 1.29 is 24.4 Å². The van der Waals surface area contributed by atoms with Gasteiger partial charge >= 0.3 is 5.97 Å². The lowest BCUT2D eigenvalue weighted by molar-refractivity contribution is -0.385. The molecule has 146 valence electrons. The van der Waals surface area contributed by atoms with Gasteiger partial charge in [-0.05, 0) is 31.2 Å². The fourth-order valence-electron chi connectivity index (χ4n) is 2.93. The minimum absolute atomic E-state index is 0.0632. The zero-order chi connectivity index (χ0) is 20.1. The molecule has 0 spiro atoms. The van der Waals surface area contributed by atoms with Crippen LogP contribution < -0.4 is 0 Å². The number of carbonyl (C=O) groups excluding carboxylic acids is 2. The molecule has 0 aliphatic carbocycles. The molecule has 0 bridgehead atoms. The van der Waals surface area contributed by atoms with Crippen molar-refractivity contribution in [3.8, 4) is 0 Å². The lowest BCUT2D eigenvalue weighted by atomic mass is 9.97. The number of hydrogen-bond acceptors (Lipinski definition) is 6. The predicted octanol–water partition coefficient (Wildman–Crippen LogP) is 1.71. The molecule has 1 saturated heterocycles. The van der Waals surface area contributed by atoms with Crippen molar-refractivity contribution in [2.45, 2.75) is 17.7 Å². The van der Waals surface area contributed by atoms with E-state index in [-0.39, 0.29) is 23.7 Å². The number of carboxylic acid groups (broad SMARTS) is 1. The molecule has 0 unspecified atom stereocenters. The highest BCUT2D eigenvalue weighted by Gasteiger charge is 2.29. The number of likely N-dealkylation sites (tertiary alicyclic amines) is 1. The normalized spacial score (nSPS) is 14.7. The van der Waals surface area contributed by atoms with Crippen LogP contribution in [0.15, 0.2) is 23.1 Å². The zero-order valence-corrected chi connectivity index (χ0v) is 15.9. The van der Waals surface area contributed by atoms with E-state index in [9.17, 15) is 24.5 Å². The Kier molecular flexibility index (Phi) is 6.78. The Balaban J connectivity index is 2.06.